The Bertz CT molecular complexity index is 1380. The standard InChI is InChI=1S/C28H26F3N3O4/c1-36-20-5-3-4-18(14-20)15-26(35)33-10-12-34(13-11-33)27-22-17-21(37-2)7-9-24(22)38-25-8-6-19(28(29,30)31)16-23(25)32-27/h3-9,14,16-17H,10-13,15H2,1-2H3. The van der Waals surface area contributed by atoms with Crippen molar-refractivity contribution in [2.45, 2.75) is 12.6 Å². The van der Waals surface area contributed by atoms with Gasteiger partial charge in [-0.05, 0) is 54.1 Å². The van der Waals surface area contributed by atoms with Gasteiger partial charge in [-0.3, -0.25) is 4.79 Å². The summed E-state index contributed by atoms with van der Waals surface area (Å²) in [5.41, 5.74) is 0.742. The van der Waals surface area contributed by atoms with E-state index in [0.717, 1.165) is 17.7 Å². The predicted molar refractivity (Wildman–Crippen MR) is 136 cm³/mol. The fourth-order valence-corrected chi connectivity index (χ4v) is 4.54. The molecule has 0 spiro atoms. The normalized spacial score (nSPS) is 15.0. The maximum absolute atomic E-state index is 13.4. The molecule has 2 heterocycles. The van der Waals surface area contributed by atoms with Crippen LogP contribution < -0.4 is 14.2 Å². The smallest absolute Gasteiger partial charge is 0.416 e. The number of halogens is 3. The fourth-order valence-electron chi connectivity index (χ4n) is 4.54. The van der Waals surface area contributed by atoms with Gasteiger partial charge in [-0.2, -0.15) is 13.2 Å². The van der Waals surface area contributed by atoms with E-state index in [1.807, 2.05) is 29.2 Å². The third-order valence-corrected chi connectivity index (χ3v) is 6.58. The first-order valence-corrected chi connectivity index (χ1v) is 12.1. The van der Waals surface area contributed by atoms with Crippen molar-refractivity contribution < 1.29 is 32.2 Å². The minimum Gasteiger partial charge on any atom is -0.497 e. The van der Waals surface area contributed by atoms with Gasteiger partial charge in [-0.15, -0.1) is 0 Å². The molecule has 0 bridgehead atoms. The van der Waals surface area contributed by atoms with Crippen molar-refractivity contribution in [1.29, 1.82) is 0 Å². The summed E-state index contributed by atoms with van der Waals surface area (Å²) in [7, 11) is 3.12. The van der Waals surface area contributed by atoms with Gasteiger partial charge in [0.05, 0.1) is 31.8 Å². The molecule has 5 rings (SSSR count). The van der Waals surface area contributed by atoms with E-state index in [2.05, 4.69) is 4.99 Å². The van der Waals surface area contributed by atoms with Crippen molar-refractivity contribution in [1.82, 2.24) is 9.80 Å². The molecule has 1 fully saturated rings. The van der Waals surface area contributed by atoms with Gasteiger partial charge in [0.15, 0.2) is 5.75 Å². The molecule has 0 radical (unpaired) electrons. The predicted octanol–water partition coefficient (Wildman–Crippen LogP) is 5.29. The van der Waals surface area contributed by atoms with Crippen LogP contribution >= 0.6 is 0 Å². The van der Waals surface area contributed by atoms with Crippen molar-refractivity contribution in [2.75, 3.05) is 40.4 Å². The summed E-state index contributed by atoms with van der Waals surface area (Å²) in [4.78, 5) is 21.4. The number of amidine groups is 1. The molecule has 3 aromatic carbocycles. The molecule has 0 saturated carbocycles. The van der Waals surface area contributed by atoms with Crippen LogP contribution in [0.5, 0.6) is 23.0 Å². The number of nitrogens with zero attached hydrogens (tertiary/aromatic N) is 3. The average molecular weight is 526 g/mol. The summed E-state index contributed by atoms with van der Waals surface area (Å²) in [5.74, 6) is 2.40. The number of methoxy groups -OCH3 is 2. The van der Waals surface area contributed by atoms with Gasteiger partial charge in [0.2, 0.25) is 5.91 Å². The Morgan fingerprint density at radius 1 is 0.921 bits per heavy atom. The van der Waals surface area contributed by atoms with Gasteiger partial charge >= 0.3 is 6.18 Å². The lowest BCUT2D eigenvalue weighted by Gasteiger charge is -2.36. The van der Waals surface area contributed by atoms with Gasteiger partial charge < -0.3 is 24.0 Å². The Morgan fingerprint density at radius 2 is 1.63 bits per heavy atom. The highest BCUT2D eigenvalue weighted by atomic mass is 19.4. The molecule has 38 heavy (non-hydrogen) atoms. The lowest BCUT2D eigenvalue weighted by molar-refractivity contribution is -0.137. The van der Waals surface area contributed by atoms with Crippen LogP contribution in [0.1, 0.15) is 16.7 Å². The molecule has 10 heteroatoms. The molecule has 198 valence electrons. The first-order valence-electron chi connectivity index (χ1n) is 12.1. The average Bonchev–Trinajstić information content (AvgIpc) is 3.08. The largest absolute Gasteiger partial charge is 0.497 e. The number of alkyl halides is 3. The maximum Gasteiger partial charge on any atom is 0.416 e. The van der Waals surface area contributed by atoms with E-state index in [9.17, 15) is 18.0 Å². The van der Waals surface area contributed by atoms with Crippen molar-refractivity contribution in [3.63, 3.8) is 0 Å². The van der Waals surface area contributed by atoms with Crippen LogP contribution in [0, 0.1) is 0 Å². The van der Waals surface area contributed by atoms with Gasteiger partial charge in [0, 0.05) is 26.2 Å². The number of hydrogen-bond acceptors (Lipinski definition) is 6. The molecule has 0 aliphatic carbocycles. The topological polar surface area (TPSA) is 63.6 Å². The summed E-state index contributed by atoms with van der Waals surface area (Å²) >= 11 is 0. The minimum absolute atomic E-state index is 0.00808. The van der Waals surface area contributed by atoms with E-state index in [4.69, 9.17) is 14.2 Å². The van der Waals surface area contributed by atoms with E-state index in [1.165, 1.54) is 13.2 Å². The molecule has 0 N–H and O–H groups in total. The summed E-state index contributed by atoms with van der Waals surface area (Å²) < 4.78 is 56.9. The van der Waals surface area contributed by atoms with E-state index < -0.39 is 11.7 Å². The van der Waals surface area contributed by atoms with Crippen LogP contribution in [-0.2, 0) is 17.4 Å². The fraction of sp³-hybridized carbons (Fsp3) is 0.286. The summed E-state index contributed by atoms with van der Waals surface area (Å²) in [6, 6.07) is 15.8. The second kappa shape index (κ2) is 10.3. The number of aliphatic imine (C=N–C) groups is 1. The van der Waals surface area contributed by atoms with Gasteiger partial charge in [-0.25, -0.2) is 4.99 Å². The van der Waals surface area contributed by atoms with Crippen LogP contribution in [0.15, 0.2) is 65.7 Å². The highest BCUT2D eigenvalue weighted by Gasteiger charge is 2.33. The molecular weight excluding hydrogens is 499 g/mol. The van der Waals surface area contributed by atoms with Gasteiger partial charge in [0.1, 0.15) is 28.8 Å². The van der Waals surface area contributed by atoms with Crippen molar-refractivity contribution in [2.24, 2.45) is 4.99 Å². The summed E-state index contributed by atoms with van der Waals surface area (Å²) in [5, 5.41) is 0. The van der Waals surface area contributed by atoms with Gasteiger partial charge in [0.25, 0.3) is 0 Å². The Labute approximate surface area is 218 Å². The lowest BCUT2D eigenvalue weighted by Crippen LogP contribution is -2.51. The number of carbonyl (C=O) groups is 1. The molecule has 2 aliphatic heterocycles. The minimum atomic E-state index is -4.51. The van der Waals surface area contributed by atoms with Crippen LogP contribution in [-0.4, -0.2) is 61.9 Å². The van der Waals surface area contributed by atoms with Crippen LogP contribution in [0.25, 0.3) is 0 Å². The Kier molecular flexibility index (Phi) is 6.88. The first-order chi connectivity index (χ1) is 18.2. The molecule has 0 aromatic heterocycles. The number of piperazine rings is 1. The van der Waals surface area contributed by atoms with Crippen molar-refractivity contribution in [3.05, 3.63) is 77.4 Å². The number of benzene rings is 3. The highest BCUT2D eigenvalue weighted by Crippen LogP contribution is 2.42. The maximum atomic E-state index is 13.4. The molecule has 1 amide bonds. The molecule has 3 aromatic rings. The number of hydrogen-bond donors (Lipinski definition) is 0. The molecular formula is C28H26F3N3O4. The Morgan fingerprint density at radius 3 is 2.34 bits per heavy atom. The number of fused-ring (bicyclic) bond motifs is 2. The molecule has 0 atom stereocenters. The second-order valence-corrected chi connectivity index (χ2v) is 8.98. The molecule has 1 saturated heterocycles. The van der Waals surface area contributed by atoms with Crippen molar-refractivity contribution >= 4 is 17.4 Å². The lowest BCUT2D eigenvalue weighted by atomic mass is 10.1. The van der Waals surface area contributed by atoms with E-state index >= 15 is 0 Å². The summed E-state index contributed by atoms with van der Waals surface area (Å²) in [6.07, 6.45) is -4.26. The van der Waals surface area contributed by atoms with E-state index in [0.29, 0.717) is 54.8 Å². The quantitative estimate of drug-likeness (QED) is 0.463. The zero-order valence-electron chi connectivity index (χ0n) is 20.9. The zero-order valence-corrected chi connectivity index (χ0v) is 20.9. The number of carbonyl (C=O) groups excluding carboxylic acids is 1. The molecule has 0 unspecified atom stereocenters. The van der Waals surface area contributed by atoms with Crippen LogP contribution in [0.2, 0.25) is 0 Å². The monoisotopic (exact) mass is 525 g/mol. The third-order valence-electron chi connectivity index (χ3n) is 6.58. The Hall–Kier alpha value is -4.21. The first kappa shape index (κ1) is 25.4. The third kappa shape index (κ3) is 5.25. The molecule has 7 nitrogen and oxygen atoms in total. The number of rotatable bonds is 4. The number of ether oxygens (including phenoxy) is 3. The van der Waals surface area contributed by atoms with Crippen molar-refractivity contribution in [3.8, 4) is 23.0 Å². The summed E-state index contributed by atoms with van der Waals surface area (Å²) in [6.45, 7) is 1.79. The van der Waals surface area contributed by atoms with Crippen LogP contribution in [0.4, 0.5) is 18.9 Å². The van der Waals surface area contributed by atoms with Gasteiger partial charge in [-0.1, -0.05) is 12.1 Å². The molecule has 2 aliphatic rings. The van der Waals surface area contributed by atoms with Crippen LogP contribution in [0.3, 0.4) is 0 Å². The number of amides is 1. The van der Waals surface area contributed by atoms with E-state index in [-0.39, 0.29) is 23.8 Å². The second-order valence-electron chi connectivity index (χ2n) is 8.98. The zero-order chi connectivity index (χ0) is 26.9. The Balaban J connectivity index is 1.41. The SMILES string of the molecule is COc1cccc(CC(=O)N2CCN(C3=Nc4cc(C(F)(F)F)ccc4Oc4ccc(OC)cc43)CC2)c1. The van der Waals surface area contributed by atoms with E-state index in [1.54, 1.807) is 30.2 Å². The highest BCUT2D eigenvalue weighted by molar-refractivity contribution is 6.04.